The van der Waals surface area contributed by atoms with Crippen molar-refractivity contribution in [2.75, 3.05) is 19.6 Å². The Bertz CT molecular complexity index is 588. The number of hydrogen-bond acceptors (Lipinski definition) is 5. The van der Waals surface area contributed by atoms with Gasteiger partial charge in [-0.1, -0.05) is 6.92 Å². The maximum absolute atomic E-state index is 12.5. The maximum Gasteiger partial charge on any atom is 0.252 e. The summed E-state index contributed by atoms with van der Waals surface area (Å²) in [5.74, 6) is 0.661. The lowest BCUT2D eigenvalue weighted by Crippen LogP contribution is -2.45. The Kier molecular flexibility index (Phi) is 4.26. The van der Waals surface area contributed by atoms with E-state index in [1.54, 1.807) is 6.07 Å². The first-order valence-corrected chi connectivity index (χ1v) is 8.45. The van der Waals surface area contributed by atoms with Crippen LogP contribution in [-0.4, -0.2) is 32.4 Å². The molecule has 1 aromatic rings. The number of rotatable bonds is 3. The van der Waals surface area contributed by atoms with Crippen molar-refractivity contribution in [1.82, 2.24) is 4.31 Å². The normalized spacial score (nSPS) is 25.1. The molecule has 2 heterocycles. The Morgan fingerprint density at radius 3 is 2.89 bits per heavy atom. The van der Waals surface area contributed by atoms with Crippen molar-refractivity contribution in [2.45, 2.75) is 17.6 Å². The highest BCUT2D eigenvalue weighted by Gasteiger charge is 2.33. The average molecular weight is 299 g/mol. The smallest absolute Gasteiger partial charge is 0.252 e. The molecule has 0 radical (unpaired) electrons. The first kappa shape index (κ1) is 14.5. The van der Waals surface area contributed by atoms with E-state index in [0.29, 0.717) is 30.4 Å². The highest BCUT2D eigenvalue weighted by molar-refractivity contribution is 7.91. The van der Waals surface area contributed by atoms with Gasteiger partial charge in [-0.3, -0.25) is 0 Å². The summed E-state index contributed by atoms with van der Waals surface area (Å²) in [6, 6.07) is 5.02. The van der Waals surface area contributed by atoms with E-state index in [1.807, 2.05) is 6.07 Å². The minimum atomic E-state index is -3.47. The molecule has 1 fully saturated rings. The molecule has 0 saturated carbocycles. The Balaban J connectivity index is 2.23. The first-order valence-electron chi connectivity index (χ1n) is 6.19. The second-order valence-corrected chi connectivity index (χ2v) is 8.10. The van der Waals surface area contributed by atoms with E-state index in [0.717, 1.165) is 17.8 Å². The lowest BCUT2D eigenvalue weighted by Gasteiger charge is -2.35. The number of hydrogen-bond donors (Lipinski definition) is 1. The second kappa shape index (κ2) is 5.59. The van der Waals surface area contributed by atoms with Gasteiger partial charge in [0.15, 0.2) is 0 Å². The molecule has 2 unspecified atom stereocenters. The average Bonchev–Trinajstić information content (AvgIpc) is 2.88. The molecular weight excluding hydrogens is 282 g/mol. The third-order valence-corrected chi connectivity index (χ3v) is 6.99. The molecular formula is C12H17N3O2S2. The summed E-state index contributed by atoms with van der Waals surface area (Å²) >= 11 is 1.02. The zero-order chi connectivity index (χ0) is 14.0. The van der Waals surface area contributed by atoms with Crippen LogP contribution in [0.25, 0.3) is 0 Å². The van der Waals surface area contributed by atoms with E-state index in [2.05, 4.69) is 6.92 Å². The maximum atomic E-state index is 12.5. The van der Waals surface area contributed by atoms with Crippen molar-refractivity contribution < 1.29 is 8.42 Å². The molecule has 2 atom stereocenters. The monoisotopic (exact) mass is 299 g/mol. The van der Waals surface area contributed by atoms with Gasteiger partial charge in [0.25, 0.3) is 10.0 Å². The molecule has 1 saturated heterocycles. The third-order valence-electron chi connectivity index (χ3n) is 3.67. The number of thiophene rings is 1. The molecule has 0 bridgehead atoms. The van der Waals surface area contributed by atoms with E-state index >= 15 is 0 Å². The fourth-order valence-electron chi connectivity index (χ4n) is 2.29. The summed E-state index contributed by atoms with van der Waals surface area (Å²) < 4.78 is 26.7. The quantitative estimate of drug-likeness (QED) is 0.909. The van der Waals surface area contributed by atoms with Crippen molar-refractivity contribution in [3.63, 3.8) is 0 Å². The fourth-order valence-corrected chi connectivity index (χ4v) is 5.06. The van der Waals surface area contributed by atoms with Gasteiger partial charge in [-0.15, -0.1) is 11.3 Å². The van der Waals surface area contributed by atoms with Gasteiger partial charge in [0.05, 0.1) is 0 Å². The van der Waals surface area contributed by atoms with E-state index in [9.17, 15) is 8.42 Å². The van der Waals surface area contributed by atoms with E-state index in [-0.39, 0.29) is 10.1 Å². The van der Waals surface area contributed by atoms with Crippen LogP contribution in [0.15, 0.2) is 16.3 Å². The Labute approximate surface area is 117 Å². The van der Waals surface area contributed by atoms with Crippen LogP contribution in [0.5, 0.6) is 0 Å². The number of sulfonamides is 1. The van der Waals surface area contributed by atoms with Gasteiger partial charge in [-0.05, 0) is 36.9 Å². The molecule has 0 aromatic carbocycles. The molecule has 0 spiro atoms. The Morgan fingerprint density at radius 2 is 2.32 bits per heavy atom. The highest BCUT2D eigenvalue weighted by atomic mass is 32.2. The van der Waals surface area contributed by atoms with Gasteiger partial charge >= 0.3 is 0 Å². The van der Waals surface area contributed by atoms with Crippen molar-refractivity contribution in [3.05, 3.63) is 17.0 Å². The molecule has 2 rings (SSSR count). The van der Waals surface area contributed by atoms with Crippen LogP contribution in [0.1, 0.15) is 18.2 Å². The van der Waals surface area contributed by atoms with Gasteiger partial charge in [0, 0.05) is 13.1 Å². The summed E-state index contributed by atoms with van der Waals surface area (Å²) in [7, 11) is -3.47. The molecule has 0 aliphatic carbocycles. The van der Waals surface area contributed by atoms with Crippen molar-refractivity contribution in [1.29, 1.82) is 5.26 Å². The predicted molar refractivity (Wildman–Crippen MR) is 74.1 cm³/mol. The molecule has 5 nitrogen and oxygen atoms in total. The number of piperidine rings is 1. The molecule has 1 aliphatic rings. The highest BCUT2D eigenvalue weighted by Crippen LogP contribution is 2.30. The molecule has 0 amide bonds. The van der Waals surface area contributed by atoms with Gasteiger partial charge in [-0.25, -0.2) is 8.42 Å². The number of nitriles is 1. The van der Waals surface area contributed by atoms with Crippen LogP contribution >= 0.6 is 11.3 Å². The van der Waals surface area contributed by atoms with Crippen LogP contribution in [0.4, 0.5) is 0 Å². The molecule has 2 N–H and O–H groups in total. The lowest BCUT2D eigenvalue weighted by atomic mass is 9.88. The van der Waals surface area contributed by atoms with E-state index in [4.69, 9.17) is 11.0 Å². The van der Waals surface area contributed by atoms with E-state index in [1.165, 1.54) is 10.4 Å². The van der Waals surface area contributed by atoms with Crippen LogP contribution in [0.3, 0.4) is 0 Å². The lowest BCUT2D eigenvalue weighted by molar-refractivity contribution is 0.203. The summed E-state index contributed by atoms with van der Waals surface area (Å²) in [6.45, 7) is 3.61. The molecule has 7 heteroatoms. The largest absolute Gasteiger partial charge is 0.330 e. The zero-order valence-corrected chi connectivity index (χ0v) is 12.4. The zero-order valence-electron chi connectivity index (χ0n) is 10.7. The van der Waals surface area contributed by atoms with Crippen LogP contribution < -0.4 is 5.73 Å². The molecule has 1 aromatic heterocycles. The second-order valence-electron chi connectivity index (χ2n) is 4.86. The molecule has 104 valence electrons. The molecule has 19 heavy (non-hydrogen) atoms. The summed E-state index contributed by atoms with van der Waals surface area (Å²) in [5.41, 5.74) is 5.70. The van der Waals surface area contributed by atoms with Crippen molar-refractivity contribution >= 4 is 21.4 Å². The standard InChI is InChI=1S/C12H17N3O2S2/c1-9-4-5-15(8-10(9)6-13)19(16,17)12-3-2-11(7-14)18-12/h2-3,9-10H,4-6,8,13H2,1H3. The minimum Gasteiger partial charge on any atom is -0.330 e. The van der Waals surface area contributed by atoms with Gasteiger partial charge in [-0.2, -0.15) is 9.57 Å². The Hall–Kier alpha value is -0.940. The third kappa shape index (κ3) is 2.82. The van der Waals surface area contributed by atoms with Gasteiger partial charge < -0.3 is 5.73 Å². The van der Waals surface area contributed by atoms with Crippen LogP contribution in [0.2, 0.25) is 0 Å². The minimum absolute atomic E-state index is 0.207. The molecule has 1 aliphatic heterocycles. The van der Waals surface area contributed by atoms with E-state index < -0.39 is 10.0 Å². The summed E-state index contributed by atoms with van der Waals surface area (Å²) in [6.07, 6.45) is 0.831. The van der Waals surface area contributed by atoms with Crippen LogP contribution in [-0.2, 0) is 10.0 Å². The number of nitrogens with two attached hydrogens (primary N) is 1. The predicted octanol–water partition coefficient (Wildman–Crippen LogP) is 1.23. The summed E-state index contributed by atoms with van der Waals surface area (Å²) in [4.78, 5) is 0.416. The first-order chi connectivity index (χ1) is 8.98. The fraction of sp³-hybridized carbons (Fsp3) is 0.583. The summed E-state index contributed by atoms with van der Waals surface area (Å²) in [5, 5.41) is 8.78. The SMILES string of the molecule is CC1CCN(S(=O)(=O)c2ccc(C#N)s2)CC1CN. The van der Waals surface area contributed by atoms with Gasteiger partial charge in [0.2, 0.25) is 0 Å². The van der Waals surface area contributed by atoms with Crippen molar-refractivity contribution in [3.8, 4) is 6.07 Å². The number of nitrogens with zero attached hydrogens (tertiary/aromatic N) is 2. The van der Waals surface area contributed by atoms with Gasteiger partial charge in [0.1, 0.15) is 15.2 Å². The topological polar surface area (TPSA) is 87.2 Å². The van der Waals surface area contributed by atoms with Crippen LogP contribution in [0, 0.1) is 23.2 Å². The Morgan fingerprint density at radius 1 is 1.58 bits per heavy atom. The van der Waals surface area contributed by atoms with Crippen molar-refractivity contribution in [2.24, 2.45) is 17.6 Å².